The second kappa shape index (κ2) is 9.68. The Hall–Kier alpha value is -3.04. The van der Waals surface area contributed by atoms with E-state index in [4.69, 9.17) is 11.6 Å². The van der Waals surface area contributed by atoms with Crippen LogP contribution >= 0.6 is 11.6 Å². The molecule has 0 heterocycles. The highest BCUT2D eigenvalue weighted by molar-refractivity contribution is 7.92. The first-order valence-electron chi connectivity index (χ1n) is 10.1. The smallest absolute Gasteiger partial charge is 0.321 e. The zero-order chi connectivity index (χ0) is 25.3. The minimum absolute atomic E-state index is 0.0323. The van der Waals surface area contributed by atoms with Crippen molar-refractivity contribution in [1.29, 1.82) is 0 Å². The number of carbonyl (C=O) groups is 1. The number of anilines is 2. The first kappa shape index (κ1) is 25.6. The van der Waals surface area contributed by atoms with Crippen molar-refractivity contribution in [2.75, 3.05) is 15.9 Å². The standard InChI is InChI=1S/C24H22ClF3N2O3S/c1-15-4-10-20(12-16(15)2)30(34(3,32)33)14-17-5-7-18(8-6-17)23(31)29-22-13-19(24(26,27)28)9-11-21(22)25/h4-13H,14H2,1-3H3,(H,29,31). The molecule has 0 spiro atoms. The van der Waals surface area contributed by atoms with E-state index in [0.717, 1.165) is 35.6 Å². The molecule has 0 saturated heterocycles. The third-order valence-corrected chi connectivity index (χ3v) is 6.73. The molecule has 0 bridgehead atoms. The Morgan fingerprint density at radius 1 is 0.971 bits per heavy atom. The predicted octanol–water partition coefficient (Wildman–Crippen LogP) is 6.19. The molecular weight excluding hydrogens is 489 g/mol. The van der Waals surface area contributed by atoms with Gasteiger partial charge in [0.15, 0.2) is 0 Å². The molecule has 0 aliphatic carbocycles. The van der Waals surface area contributed by atoms with Crippen LogP contribution in [0.25, 0.3) is 0 Å². The SMILES string of the molecule is Cc1ccc(N(Cc2ccc(C(=O)Nc3cc(C(F)(F)F)ccc3Cl)cc2)S(C)(=O)=O)cc1C. The number of sulfonamides is 1. The van der Waals surface area contributed by atoms with Gasteiger partial charge in [-0.25, -0.2) is 8.42 Å². The van der Waals surface area contributed by atoms with Gasteiger partial charge in [-0.1, -0.05) is 29.8 Å². The lowest BCUT2D eigenvalue weighted by Crippen LogP contribution is -2.29. The van der Waals surface area contributed by atoms with Crippen LogP contribution < -0.4 is 9.62 Å². The Balaban J connectivity index is 1.80. The highest BCUT2D eigenvalue weighted by atomic mass is 35.5. The molecule has 0 aromatic heterocycles. The van der Waals surface area contributed by atoms with Gasteiger partial charge in [0.05, 0.1) is 34.8 Å². The number of aryl methyl sites for hydroxylation is 2. The van der Waals surface area contributed by atoms with Gasteiger partial charge in [-0.3, -0.25) is 9.10 Å². The summed E-state index contributed by atoms with van der Waals surface area (Å²) >= 11 is 5.94. The maximum Gasteiger partial charge on any atom is 0.416 e. The van der Waals surface area contributed by atoms with Crippen LogP contribution in [-0.4, -0.2) is 20.6 Å². The Bertz CT molecular complexity index is 1320. The van der Waals surface area contributed by atoms with E-state index in [2.05, 4.69) is 5.32 Å². The summed E-state index contributed by atoms with van der Waals surface area (Å²) in [7, 11) is -3.59. The first-order chi connectivity index (χ1) is 15.8. The zero-order valence-electron chi connectivity index (χ0n) is 18.6. The normalized spacial score (nSPS) is 11.9. The molecule has 0 atom stereocenters. The summed E-state index contributed by atoms with van der Waals surface area (Å²) in [6.07, 6.45) is -3.46. The summed E-state index contributed by atoms with van der Waals surface area (Å²) in [4.78, 5) is 12.6. The molecule has 10 heteroatoms. The largest absolute Gasteiger partial charge is 0.416 e. The van der Waals surface area contributed by atoms with E-state index in [1.165, 1.54) is 16.4 Å². The Morgan fingerprint density at radius 2 is 1.62 bits per heavy atom. The lowest BCUT2D eigenvalue weighted by Gasteiger charge is -2.23. The van der Waals surface area contributed by atoms with Gasteiger partial charge in [0.25, 0.3) is 5.91 Å². The number of carbonyl (C=O) groups excluding carboxylic acids is 1. The molecular formula is C24H22ClF3N2O3S. The fourth-order valence-electron chi connectivity index (χ4n) is 3.20. The van der Waals surface area contributed by atoms with Crippen molar-refractivity contribution in [2.24, 2.45) is 0 Å². The fourth-order valence-corrected chi connectivity index (χ4v) is 4.24. The van der Waals surface area contributed by atoms with E-state index in [9.17, 15) is 26.4 Å². The maximum absolute atomic E-state index is 13.0. The minimum Gasteiger partial charge on any atom is -0.321 e. The van der Waals surface area contributed by atoms with Gasteiger partial charge in [-0.05, 0) is 73.0 Å². The number of hydrogen-bond donors (Lipinski definition) is 1. The number of nitrogens with one attached hydrogen (secondary N) is 1. The van der Waals surface area contributed by atoms with Crippen molar-refractivity contribution < 1.29 is 26.4 Å². The van der Waals surface area contributed by atoms with Crippen molar-refractivity contribution in [3.05, 3.63) is 93.5 Å². The van der Waals surface area contributed by atoms with Gasteiger partial charge in [-0.15, -0.1) is 0 Å². The number of halogens is 4. The van der Waals surface area contributed by atoms with Crippen LogP contribution in [0.3, 0.4) is 0 Å². The minimum atomic E-state index is -4.58. The van der Waals surface area contributed by atoms with Crippen molar-refractivity contribution >= 4 is 38.9 Å². The second-order valence-corrected chi connectivity index (χ2v) is 10.2. The van der Waals surface area contributed by atoms with Crippen LogP contribution in [0.2, 0.25) is 5.02 Å². The first-order valence-corrected chi connectivity index (χ1v) is 12.3. The van der Waals surface area contributed by atoms with Crippen LogP contribution in [0.4, 0.5) is 24.5 Å². The number of amides is 1. The molecule has 3 aromatic rings. The molecule has 1 amide bonds. The predicted molar refractivity (Wildman–Crippen MR) is 128 cm³/mol. The zero-order valence-corrected chi connectivity index (χ0v) is 20.1. The van der Waals surface area contributed by atoms with Gasteiger partial charge in [-0.2, -0.15) is 13.2 Å². The van der Waals surface area contributed by atoms with Gasteiger partial charge in [0.2, 0.25) is 10.0 Å². The highest BCUT2D eigenvalue weighted by Gasteiger charge is 2.31. The number of alkyl halides is 3. The average Bonchev–Trinajstić information content (AvgIpc) is 2.74. The topological polar surface area (TPSA) is 66.5 Å². The molecule has 0 fully saturated rings. The highest BCUT2D eigenvalue weighted by Crippen LogP contribution is 2.34. The van der Waals surface area contributed by atoms with E-state index in [1.54, 1.807) is 24.3 Å². The van der Waals surface area contributed by atoms with Gasteiger partial charge < -0.3 is 5.32 Å². The number of nitrogens with zero attached hydrogens (tertiary/aromatic N) is 1. The summed E-state index contributed by atoms with van der Waals surface area (Å²) in [6.45, 7) is 3.87. The van der Waals surface area contributed by atoms with Crippen molar-refractivity contribution in [3.63, 3.8) is 0 Å². The van der Waals surface area contributed by atoms with Crippen molar-refractivity contribution in [3.8, 4) is 0 Å². The maximum atomic E-state index is 13.0. The quantitative estimate of drug-likeness (QED) is 0.429. The van der Waals surface area contributed by atoms with Crippen LogP contribution in [0.1, 0.15) is 32.6 Å². The second-order valence-electron chi connectivity index (χ2n) is 7.88. The molecule has 0 aliphatic heterocycles. The molecule has 0 saturated carbocycles. The molecule has 0 unspecified atom stereocenters. The summed E-state index contributed by atoms with van der Waals surface area (Å²) in [6, 6.07) is 14.1. The molecule has 5 nitrogen and oxygen atoms in total. The monoisotopic (exact) mass is 510 g/mol. The van der Waals surface area contributed by atoms with Crippen molar-refractivity contribution in [2.45, 2.75) is 26.6 Å². The van der Waals surface area contributed by atoms with E-state index >= 15 is 0 Å². The van der Waals surface area contributed by atoms with Crippen LogP contribution in [-0.2, 0) is 22.7 Å². The number of hydrogen-bond acceptors (Lipinski definition) is 3. The molecule has 0 radical (unpaired) electrons. The summed E-state index contributed by atoms with van der Waals surface area (Å²) in [5, 5.41) is 2.35. The molecule has 34 heavy (non-hydrogen) atoms. The molecule has 0 aliphatic rings. The summed E-state index contributed by atoms with van der Waals surface area (Å²) in [5.74, 6) is -0.651. The van der Waals surface area contributed by atoms with Gasteiger partial charge >= 0.3 is 6.18 Å². The number of benzene rings is 3. The lowest BCUT2D eigenvalue weighted by molar-refractivity contribution is -0.137. The van der Waals surface area contributed by atoms with E-state index in [-0.39, 0.29) is 22.8 Å². The van der Waals surface area contributed by atoms with E-state index in [0.29, 0.717) is 11.3 Å². The van der Waals surface area contributed by atoms with Crippen molar-refractivity contribution in [1.82, 2.24) is 0 Å². The molecule has 1 N–H and O–H groups in total. The lowest BCUT2D eigenvalue weighted by atomic mass is 10.1. The molecule has 3 rings (SSSR count). The van der Waals surface area contributed by atoms with Gasteiger partial charge in [0.1, 0.15) is 0 Å². The summed E-state index contributed by atoms with van der Waals surface area (Å²) in [5.41, 5.74) is 2.21. The Labute approximate surface area is 201 Å². The third-order valence-electron chi connectivity index (χ3n) is 5.26. The molecule has 3 aromatic carbocycles. The Morgan fingerprint density at radius 3 is 2.18 bits per heavy atom. The van der Waals surface area contributed by atoms with Crippen LogP contribution in [0.5, 0.6) is 0 Å². The number of rotatable bonds is 6. The van der Waals surface area contributed by atoms with E-state index < -0.39 is 27.7 Å². The van der Waals surface area contributed by atoms with Gasteiger partial charge in [0, 0.05) is 5.56 Å². The summed E-state index contributed by atoms with van der Waals surface area (Å²) < 4.78 is 64.9. The fraction of sp³-hybridized carbons (Fsp3) is 0.208. The van der Waals surface area contributed by atoms with Crippen LogP contribution in [0, 0.1) is 13.8 Å². The third kappa shape index (κ3) is 6.09. The average molecular weight is 511 g/mol. The van der Waals surface area contributed by atoms with Crippen LogP contribution in [0.15, 0.2) is 60.7 Å². The van der Waals surface area contributed by atoms with E-state index in [1.807, 2.05) is 19.9 Å². The Kier molecular flexibility index (Phi) is 7.28. The molecule has 180 valence electrons.